The van der Waals surface area contributed by atoms with Crippen molar-refractivity contribution < 1.29 is 0 Å². The molecule has 1 aliphatic rings. The second-order valence-corrected chi connectivity index (χ2v) is 5.78. The van der Waals surface area contributed by atoms with Crippen molar-refractivity contribution >= 4 is 0 Å². The topological polar surface area (TPSA) is 3.24 Å². The zero-order valence-corrected chi connectivity index (χ0v) is 11.3. The zero-order valence-electron chi connectivity index (χ0n) is 11.3. The summed E-state index contributed by atoms with van der Waals surface area (Å²) in [7, 11) is 0. The fourth-order valence-corrected chi connectivity index (χ4v) is 3.21. The van der Waals surface area contributed by atoms with E-state index in [2.05, 4.69) is 39.5 Å². The molecule has 0 amide bonds. The Balaban J connectivity index is 2.42. The van der Waals surface area contributed by atoms with Gasteiger partial charge in [0, 0.05) is 6.04 Å². The van der Waals surface area contributed by atoms with Gasteiger partial charge in [0.25, 0.3) is 0 Å². The fraction of sp³-hybridized carbons (Fsp3) is 1.00. The molecule has 0 aromatic heterocycles. The molecular weight excluding hydrogens is 182 g/mol. The summed E-state index contributed by atoms with van der Waals surface area (Å²) in [5.41, 5.74) is 0. The quantitative estimate of drug-likeness (QED) is 0.684. The van der Waals surface area contributed by atoms with Crippen molar-refractivity contribution in [2.45, 2.75) is 59.9 Å². The van der Waals surface area contributed by atoms with Crippen LogP contribution in [0.5, 0.6) is 0 Å². The van der Waals surface area contributed by atoms with E-state index in [1.807, 2.05) is 0 Å². The van der Waals surface area contributed by atoms with Gasteiger partial charge in [0.2, 0.25) is 0 Å². The van der Waals surface area contributed by atoms with Crippen LogP contribution in [0.4, 0.5) is 0 Å². The first kappa shape index (κ1) is 13.0. The Bertz CT molecular complexity index is 166. The Labute approximate surface area is 96.2 Å². The van der Waals surface area contributed by atoms with Crippen LogP contribution < -0.4 is 0 Å². The van der Waals surface area contributed by atoms with Gasteiger partial charge in [-0.25, -0.2) is 0 Å². The standard InChI is InChI=1S/C14H29N/c1-6-14(11(2)3)13-7-9-15(10-8-13)12(4)5/h11-14H,6-10H2,1-5H3. The third-order valence-electron chi connectivity index (χ3n) is 4.24. The van der Waals surface area contributed by atoms with Crippen LogP contribution in [0.1, 0.15) is 53.9 Å². The normalized spacial score (nSPS) is 22.6. The molecule has 0 saturated carbocycles. The first-order valence-corrected chi connectivity index (χ1v) is 6.80. The maximum Gasteiger partial charge on any atom is 0.00385 e. The predicted molar refractivity (Wildman–Crippen MR) is 68.1 cm³/mol. The number of hydrogen-bond donors (Lipinski definition) is 0. The summed E-state index contributed by atoms with van der Waals surface area (Å²) in [4.78, 5) is 2.63. The van der Waals surface area contributed by atoms with Crippen LogP contribution in [0.3, 0.4) is 0 Å². The number of rotatable bonds is 4. The van der Waals surface area contributed by atoms with Gasteiger partial charge >= 0.3 is 0 Å². The summed E-state index contributed by atoms with van der Waals surface area (Å²) in [6.45, 7) is 14.4. The third-order valence-corrected chi connectivity index (χ3v) is 4.24. The highest BCUT2D eigenvalue weighted by molar-refractivity contribution is 4.80. The van der Waals surface area contributed by atoms with Crippen LogP contribution in [0.25, 0.3) is 0 Å². The number of likely N-dealkylation sites (tertiary alicyclic amines) is 1. The summed E-state index contributed by atoms with van der Waals surface area (Å²) in [5.74, 6) is 2.81. The molecule has 0 bridgehead atoms. The van der Waals surface area contributed by atoms with Crippen molar-refractivity contribution in [2.75, 3.05) is 13.1 Å². The van der Waals surface area contributed by atoms with Gasteiger partial charge in [0.05, 0.1) is 0 Å². The van der Waals surface area contributed by atoms with Gasteiger partial charge in [-0.05, 0) is 57.5 Å². The molecule has 0 spiro atoms. The molecule has 1 nitrogen and oxygen atoms in total. The average Bonchev–Trinajstić information content (AvgIpc) is 2.19. The maximum atomic E-state index is 2.63. The lowest BCUT2D eigenvalue weighted by atomic mass is 9.76. The highest BCUT2D eigenvalue weighted by Crippen LogP contribution is 2.32. The third kappa shape index (κ3) is 3.48. The molecule has 1 heterocycles. The van der Waals surface area contributed by atoms with E-state index in [1.165, 1.54) is 32.4 Å². The number of nitrogens with zero attached hydrogens (tertiary/aromatic N) is 1. The van der Waals surface area contributed by atoms with Gasteiger partial charge in [-0.3, -0.25) is 0 Å². The van der Waals surface area contributed by atoms with E-state index in [1.54, 1.807) is 0 Å². The lowest BCUT2D eigenvalue weighted by Gasteiger charge is -2.39. The Morgan fingerprint density at radius 3 is 1.93 bits per heavy atom. The van der Waals surface area contributed by atoms with Crippen LogP contribution >= 0.6 is 0 Å². The van der Waals surface area contributed by atoms with Crippen molar-refractivity contribution in [3.05, 3.63) is 0 Å². The molecule has 90 valence electrons. The van der Waals surface area contributed by atoms with Gasteiger partial charge in [0.15, 0.2) is 0 Å². The molecular formula is C14H29N. The first-order valence-electron chi connectivity index (χ1n) is 6.80. The molecule has 0 aromatic rings. The predicted octanol–water partition coefficient (Wildman–Crippen LogP) is 3.79. The molecule has 1 atom stereocenters. The lowest BCUT2D eigenvalue weighted by Crippen LogP contribution is -2.40. The maximum absolute atomic E-state index is 2.63. The Kier molecular flexibility index (Phi) is 5.11. The molecule has 1 saturated heterocycles. The molecule has 0 N–H and O–H groups in total. The van der Waals surface area contributed by atoms with Crippen molar-refractivity contribution in [1.29, 1.82) is 0 Å². The van der Waals surface area contributed by atoms with Crippen LogP contribution in [-0.4, -0.2) is 24.0 Å². The average molecular weight is 211 g/mol. The number of piperidine rings is 1. The van der Waals surface area contributed by atoms with Gasteiger partial charge in [-0.1, -0.05) is 27.2 Å². The summed E-state index contributed by atoms with van der Waals surface area (Å²) in [5, 5.41) is 0. The van der Waals surface area contributed by atoms with Gasteiger partial charge in [-0.2, -0.15) is 0 Å². The summed E-state index contributed by atoms with van der Waals surface area (Å²) < 4.78 is 0. The lowest BCUT2D eigenvalue weighted by molar-refractivity contribution is 0.102. The molecule has 0 aromatic carbocycles. The van der Waals surface area contributed by atoms with Crippen LogP contribution in [0, 0.1) is 17.8 Å². The van der Waals surface area contributed by atoms with Gasteiger partial charge in [0.1, 0.15) is 0 Å². The van der Waals surface area contributed by atoms with Crippen molar-refractivity contribution in [2.24, 2.45) is 17.8 Å². The molecule has 1 aliphatic heterocycles. The largest absolute Gasteiger partial charge is 0.301 e. The summed E-state index contributed by atoms with van der Waals surface area (Å²) >= 11 is 0. The molecule has 0 aliphatic carbocycles. The molecule has 15 heavy (non-hydrogen) atoms. The Morgan fingerprint density at radius 2 is 1.60 bits per heavy atom. The van der Waals surface area contributed by atoms with Crippen LogP contribution in [0.15, 0.2) is 0 Å². The van der Waals surface area contributed by atoms with E-state index in [-0.39, 0.29) is 0 Å². The molecule has 1 rings (SSSR count). The van der Waals surface area contributed by atoms with E-state index < -0.39 is 0 Å². The van der Waals surface area contributed by atoms with Crippen molar-refractivity contribution in [3.8, 4) is 0 Å². The van der Waals surface area contributed by atoms with E-state index >= 15 is 0 Å². The monoisotopic (exact) mass is 211 g/mol. The van der Waals surface area contributed by atoms with E-state index in [9.17, 15) is 0 Å². The highest BCUT2D eigenvalue weighted by atomic mass is 15.1. The minimum atomic E-state index is 0.741. The van der Waals surface area contributed by atoms with E-state index in [4.69, 9.17) is 0 Å². The fourth-order valence-electron chi connectivity index (χ4n) is 3.21. The minimum Gasteiger partial charge on any atom is -0.301 e. The summed E-state index contributed by atoms with van der Waals surface area (Å²) in [6.07, 6.45) is 4.22. The Morgan fingerprint density at radius 1 is 1.07 bits per heavy atom. The highest BCUT2D eigenvalue weighted by Gasteiger charge is 2.27. The summed E-state index contributed by atoms with van der Waals surface area (Å²) in [6, 6.07) is 0.741. The molecule has 0 radical (unpaired) electrons. The molecule has 1 heteroatoms. The second kappa shape index (κ2) is 5.89. The SMILES string of the molecule is CCC(C(C)C)C1CCN(C(C)C)CC1. The van der Waals surface area contributed by atoms with Crippen LogP contribution in [-0.2, 0) is 0 Å². The van der Waals surface area contributed by atoms with E-state index in [0.717, 1.165) is 23.8 Å². The molecule has 1 unspecified atom stereocenters. The van der Waals surface area contributed by atoms with Crippen LogP contribution in [0.2, 0.25) is 0 Å². The number of hydrogen-bond acceptors (Lipinski definition) is 1. The smallest absolute Gasteiger partial charge is 0.00385 e. The minimum absolute atomic E-state index is 0.741. The zero-order chi connectivity index (χ0) is 11.4. The van der Waals surface area contributed by atoms with Crippen molar-refractivity contribution in [3.63, 3.8) is 0 Å². The van der Waals surface area contributed by atoms with Crippen molar-refractivity contribution in [1.82, 2.24) is 4.90 Å². The Hall–Kier alpha value is -0.0400. The first-order chi connectivity index (χ1) is 7.06. The van der Waals surface area contributed by atoms with E-state index in [0.29, 0.717) is 0 Å². The van der Waals surface area contributed by atoms with Gasteiger partial charge < -0.3 is 4.90 Å². The second-order valence-electron chi connectivity index (χ2n) is 5.78. The van der Waals surface area contributed by atoms with Gasteiger partial charge in [-0.15, -0.1) is 0 Å². The molecule has 1 fully saturated rings.